The molecule has 0 aromatic heterocycles. The zero-order chi connectivity index (χ0) is 19.2. The summed E-state index contributed by atoms with van der Waals surface area (Å²) in [6, 6.07) is 4.94. The molecule has 1 heterocycles. The van der Waals surface area contributed by atoms with Gasteiger partial charge in [-0.2, -0.15) is 4.31 Å². The summed E-state index contributed by atoms with van der Waals surface area (Å²) in [5.74, 6) is -0.229. The number of hydrogen-bond acceptors (Lipinski definition) is 4. The SMILES string of the molecule is CCCCC[C@@H](C)NC(=O)c1ccc(C)c(S(=O)(=O)N2CCOCC2)c1. The summed E-state index contributed by atoms with van der Waals surface area (Å²) >= 11 is 0. The van der Waals surface area contributed by atoms with Crippen molar-refractivity contribution in [2.45, 2.75) is 57.4 Å². The second kappa shape index (κ2) is 9.48. The number of carbonyl (C=O) groups excluding carboxylic acids is 1. The molecule has 1 fully saturated rings. The molecule has 2 rings (SSSR count). The number of aryl methyl sites for hydroxylation is 1. The van der Waals surface area contributed by atoms with Crippen molar-refractivity contribution in [3.05, 3.63) is 29.3 Å². The standard InChI is InChI=1S/C19H30N2O4S/c1-4-5-6-7-16(3)20-19(22)17-9-8-15(2)18(14-17)26(23,24)21-10-12-25-13-11-21/h8-9,14,16H,4-7,10-13H2,1-3H3,(H,20,22)/t16-/m1/s1. The van der Waals surface area contributed by atoms with Crippen molar-refractivity contribution in [3.63, 3.8) is 0 Å². The minimum atomic E-state index is -3.62. The number of unbranched alkanes of at least 4 members (excludes halogenated alkanes) is 2. The van der Waals surface area contributed by atoms with E-state index in [0.717, 1.165) is 25.7 Å². The first-order valence-electron chi connectivity index (χ1n) is 9.35. The number of amides is 1. The quantitative estimate of drug-likeness (QED) is 0.702. The van der Waals surface area contributed by atoms with Gasteiger partial charge in [-0.15, -0.1) is 0 Å². The van der Waals surface area contributed by atoms with Crippen LogP contribution in [0.3, 0.4) is 0 Å². The number of morpholine rings is 1. The fourth-order valence-electron chi connectivity index (χ4n) is 3.03. The predicted octanol–water partition coefficient (Wildman–Crippen LogP) is 2.71. The van der Waals surface area contributed by atoms with Gasteiger partial charge in [-0.25, -0.2) is 8.42 Å². The molecule has 146 valence electrons. The van der Waals surface area contributed by atoms with E-state index in [-0.39, 0.29) is 16.8 Å². The lowest BCUT2D eigenvalue weighted by molar-refractivity contribution is 0.0730. The highest BCUT2D eigenvalue weighted by Crippen LogP contribution is 2.22. The van der Waals surface area contributed by atoms with E-state index in [1.165, 1.54) is 10.4 Å². The highest BCUT2D eigenvalue weighted by Gasteiger charge is 2.28. The van der Waals surface area contributed by atoms with E-state index < -0.39 is 10.0 Å². The summed E-state index contributed by atoms with van der Waals surface area (Å²) in [5, 5.41) is 2.97. The number of ether oxygens (including phenoxy) is 1. The van der Waals surface area contributed by atoms with Gasteiger partial charge in [-0.3, -0.25) is 4.79 Å². The maximum Gasteiger partial charge on any atom is 0.251 e. The average molecular weight is 383 g/mol. The summed E-state index contributed by atoms with van der Waals surface area (Å²) in [6.45, 7) is 7.35. The van der Waals surface area contributed by atoms with Gasteiger partial charge in [0.2, 0.25) is 10.0 Å². The Bertz CT molecular complexity index is 712. The molecule has 1 aromatic rings. The molecule has 7 heteroatoms. The fraction of sp³-hybridized carbons (Fsp3) is 0.632. The van der Waals surface area contributed by atoms with Gasteiger partial charge in [0.05, 0.1) is 18.1 Å². The van der Waals surface area contributed by atoms with Gasteiger partial charge >= 0.3 is 0 Å². The van der Waals surface area contributed by atoms with E-state index in [1.54, 1.807) is 19.1 Å². The molecule has 1 atom stereocenters. The molecule has 1 N–H and O–H groups in total. The molecule has 0 spiro atoms. The van der Waals surface area contributed by atoms with Gasteiger partial charge in [0.1, 0.15) is 0 Å². The van der Waals surface area contributed by atoms with Crippen molar-refractivity contribution in [1.29, 1.82) is 0 Å². The van der Waals surface area contributed by atoms with Crippen LogP contribution in [0.5, 0.6) is 0 Å². The third-order valence-electron chi connectivity index (χ3n) is 4.66. The predicted molar refractivity (Wildman–Crippen MR) is 102 cm³/mol. The number of sulfonamides is 1. The number of carbonyl (C=O) groups is 1. The number of nitrogens with zero attached hydrogens (tertiary/aromatic N) is 1. The van der Waals surface area contributed by atoms with Crippen molar-refractivity contribution in [2.24, 2.45) is 0 Å². The van der Waals surface area contributed by atoms with Gasteiger partial charge in [-0.1, -0.05) is 32.3 Å². The molecule has 1 aromatic carbocycles. The molecular weight excluding hydrogens is 352 g/mol. The smallest absolute Gasteiger partial charge is 0.251 e. The van der Waals surface area contributed by atoms with Crippen LogP contribution in [0.1, 0.15) is 55.5 Å². The summed E-state index contributed by atoms with van der Waals surface area (Å²) in [6.07, 6.45) is 4.28. The van der Waals surface area contributed by atoms with Crippen LogP contribution in [0, 0.1) is 6.92 Å². The fourth-order valence-corrected chi connectivity index (χ4v) is 4.68. The first kappa shape index (κ1) is 20.9. The molecule has 1 saturated heterocycles. The van der Waals surface area contributed by atoms with Gasteiger partial charge in [-0.05, 0) is 38.0 Å². The van der Waals surface area contributed by atoms with Crippen molar-refractivity contribution in [3.8, 4) is 0 Å². The van der Waals surface area contributed by atoms with Crippen LogP contribution < -0.4 is 5.32 Å². The van der Waals surface area contributed by atoms with Gasteiger partial charge in [0, 0.05) is 24.7 Å². The van der Waals surface area contributed by atoms with Gasteiger partial charge in [0.25, 0.3) is 5.91 Å². The van der Waals surface area contributed by atoms with E-state index in [4.69, 9.17) is 4.74 Å². The third kappa shape index (κ3) is 5.28. The molecule has 0 aliphatic carbocycles. The Labute approximate surface area is 157 Å². The normalized spacial score (nSPS) is 17.0. The summed E-state index contributed by atoms with van der Waals surface area (Å²) < 4.78 is 32.5. The maximum absolute atomic E-state index is 12.9. The Balaban J connectivity index is 2.14. The molecule has 0 unspecified atom stereocenters. The van der Waals surface area contributed by atoms with E-state index in [2.05, 4.69) is 12.2 Å². The summed E-state index contributed by atoms with van der Waals surface area (Å²) in [4.78, 5) is 12.7. The van der Waals surface area contributed by atoms with E-state index in [1.807, 2.05) is 6.92 Å². The number of nitrogens with one attached hydrogen (secondary N) is 1. The van der Waals surface area contributed by atoms with Crippen LogP contribution >= 0.6 is 0 Å². The van der Waals surface area contributed by atoms with Crippen LogP contribution in [0.4, 0.5) is 0 Å². The zero-order valence-electron chi connectivity index (χ0n) is 16.0. The average Bonchev–Trinajstić information content (AvgIpc) is 2.62. The Morgan fingerprint density at radius 3 is 2.62 bits per heavy atom. The molecule has 26 heavy (non-hydrogen) atoms. The van der Waals surface area contributed by atoms with Crippen LogP contribution in [0.2, 0.25) is 0 Å². The zero-order valence-corrected chi connectivity index (χ0v) is 16.8. The van der Waals surface area contributed by atoms with Gasteiger partial charge < -0.3 is 10.1 Å². The largest absolute Gasteiger partial charge is 0.379 e. The first-order chi connectivity index (χ1) is 12.4. The first-order valence-corrected chi connectivity index (χ1v) is 10.8. The Hall–Kier alpha value is -1.44. The lowest BCUT2D eigenvalue weighted by Crippen LogP contribution is -2.41. The third-order valence-corrected chi connectivity index (χ3v) is 6.70. The highest BCUT2D eigenvalue weighted by molar-refractivity contribution is 7.89. The van der Waals surface area contributed by atoms with Crippen LogP contribution in [0.25, 0.3) is 0 Å². The van der Waals surface area contributed by atoms with Gasteiger partial charge in [0.15, 0.2) is 0 Å². The monoisotopic (exact) mass is 382 g/mol. The van der Waals surface area contributed by atoms with Crippen molar-refractivity contribution in [2.75, 3.05) is 26.3 Å². The van der Waals surface area contributed by atoms with Crippen molar-refractivity contribution >= 4 is 15.9 Å². The molecule has 6 nitrogen and oxygen atoms in total. The van der Waals surface area contributed by atoms with E-state index in [9.17, 15) is 13.2 Å². The Morgan fingerprint density at radius 2 is 1.96 bits per heavy atom. The minimum Gasteiger partial charge on any atom is -0.379 e. The molecular formula is C19H30N2O4S. The lowest BCUT2D eigenvalue weighted by Gasteiger charge is -2.26. The second-order valence-corrected chi connectivity index (χ2v) is 8.77. The van der Waals surface area contributed by atoms with E-state index >= 15 is 0 Å². The number of hydrogen-bond donors (Lipinski definition) is 1. The molecule has 1 amide bonds. The Morgan fingerprint density at radius 1 is 1.27 bits per heavy atom. The molecule has 0 saturated carbocycles. The van der Waals surface area contributed by atoms with E-state index in [0.29, 0.717) is 37.4 Å². The topological polar surface area (TPSA) is 75.7 Å². The number of rotatable bonds is 8. The van der Waals surface area contributed by atoms with Crippen LogP contribution in [-0.4, -0.2) is 51.0 Å². The molecule has 0 radical (unpaired) electrons. The van der Waals surface area contributed by atoms with Crippen molar-refractivity contribution < 1.29 is 17.9 Å². The minimum absolute atomic E-state index is 0.0645. The van der Waals surface area contributed by atoms with Crippen LogP contribution in [-0.2, 0) is 14.8 Å². The molecule has 1 aliphatic rings. The molecule has 0 bridgehead atoms. The van der Waals surface area contributed by atoms with Crippen molar-refractivity contribution in [1.82, 2.24) is 9.62 Å². The number of benzene rings is 1. The maximum atomic E-state index is 12.9. The lowest BCUT2D eigenvalue weighted by atomic mass is 10.1. The summed E-state index contributed by atoms with van der Waals surface area (Å²) in [7, 11) is -3.62. The second-order valence-electron chi connectivity index (χ2n) is 6.87. The summed E-state index contributed by atoms with van der Waals surface area (Å²) in [5.41, 5.74) is 1.02. The van der Waals surface area contributed by atoms with Crippen LogP contribution in [0.15, 0.2) is 23.1 Å². The Kier molecular flexibility index (Phi) is 7.61. The molecule has 1 aliphatic heterocycles. The highest BCUT2D eigenvalue weighted by atomic mass is 32.2.